The number of aryl methyl sites for hydroxylation is 2. The SMILES string of the molecule is [2H]C([2H])(C(=O)Cc1c(C)cccc1C)N1CCN(CC([2H])(O)C([2H])([2H])Oc2ccccc2OC)CC1. The molecule has 1 aliphatic heterocycles. The van der Waals surface area contributed by atoms with Crippen LogP contribution in [0.25, 0.3) is 0 Å². The molecule has 6 nitrogen and oxygen atoms in total. The molecule has 0 saturated carbocycles. The Morgan fingerprint density at radius 2 is 1.68 bits per heavy atom. The molecule has 31 heavy (non-hydrogen) atoms. The number of piperazine rings is 1. The van der Waals surface area contributed by atoms with Crippen LogP contribution in [0.5, 0.6) is 11.5 Å². The largest absolute Gasteiger partial charge is 0.493 e. The Bertz CT molecular complexity index is 1050. The van der Waals surface area contributed by atoms with E-state index in [1.54, 1.807) is 23.1 Å². The van der Waals surface area contributed by atoms with E-state index in [-0.39, 0.29) is 50.6 Å². The lowest BCUT2D eigenvalue weighted by molar-refractivity contribution is -0.120. The quantitative estimate of drug-likeness (QED) is 0.624. The van der Waals surface area contributed by atoms with E-state index in [9.17, 15) is 9.90 Å². The first-order valence-corrected chi connectivity index (χ1v) is 10.4. The van der Waals surface area contributed by atoms with Gasteiger partial charge in [-0.25, -0.2) is 0 Å². The number of Topliss-reactive ketones (excluding diaryl/α,β-unsaturated/α-hetero) is 1. The van der Waals surface area contributed by atoms with Gasteiger partial charge in [0.25, 0.3) is 0 Å². The van der Waals surface area contributed by atoms with Gasteiger partial charge in [-0.2, -0.15) is 0 Å². The lowest BCUT2D eigenvalue weighted by Crippen LogP contribution is -2.50. The Kier molecular flexibility index (Phi) is 6.25. The van der Waals surface area contributed by atoms with E-state index in [0.29, 0.717) is 0 Å². The van der Waals surface area contributed by atoms with E-state index in [4.69, 9.17) is 16.3 Å². The van der Waals surface area contributed by atoms with Gasteiger partial charge in [-0.15, -0.1) is 0 Å². The molecule has 1 saturated heterocycles. The number of β-amino-alcohol motifs (C(OH)–C–C–N with tert-alkyl or cyclic N) is 1. The second kappa shape index (κ2) is 11.3. The van der Waals surface area contributed by atoms with Crippen LogP contribution < -0.4 is 9.47 Å². The van der Waals surface area contributed by atoms with E-state index in [1.165, 1.54) is 18.1 Å². The predicted octanol–water partition coefficient (Wildman–Crippen LogP) is 2.48. The molecule has 0 spiro atoms. The number of para-hydroxylation sites is 2. The van der Waals surface area contributed by atoms with Crippen molar-refractivity contribution in [3.8, 4) is 11.5 Å². The molecule has 1 N–H and O–H groups in total. The molecule has 0 aromatic heterocycles. The average Bonchev–Trinajstić information content (AvgIpc) is 2.81. The lowest BCUT2D eigenvalue weighted by atomic mass is 9.98. The van der Waals surface area contributed by atoms with Crippen LogP contribution in [-0.4, -0.2) is 79.7 Å². The summed E-state index contributed by atoms with van der Waals surface area (Å²) < 4.78 is 52.1. The number of ether oxygens (including phenoxy) is 2. The fraction of sp³-hybridized carbons (Fsp3) is 0.480. The van der Waals surface area contributed by atoms with E-state index in [2.05, 4.69) is 0 Å². The van der Waals surface area contributed by atoms with Crippen molar-refractivity contribution in [2.24, 2.45) is 0 Å². The van der Waals surface area contributed by atoms with Gasteiger partial charge >= 0.3 is 0 Å². The van der Waals surface area contributed by atoms with Gasteiger partial charge in [0.05, 0.1) is 20.5 Å². The Morgan fingerprint density at radius 1 is 1.06 bits per heavy atom. The third-order valence-electron chi connectivity index (χ3n) is 5.36. The van der Waals surface area contributed by atoms with Crippen LogP contribution >= 0.6 is 0 Å². The first-order valence-electron chi connectivity index (χ1n) is 12.9. The Labute approximate surface area is 192 Å². The monoisotopic (exact) mass is 431 g/mol. The number of carbonyl (C=O) groups excluding carboxylic acids is 1. The van der Waals surface area contributed by atoms with Crippen LogP contribution in [0.1, 0.15) is 23.5 Å². The maximum Gasteiger partial charge on any atom is 0.161 e. The molecule has 1 fully saturated rings. The zero-order valence-corrected chi connectivity index (χ0v) is 18.4. The molecule has 168 valence electrons. The molecule has 2 aromatic rings. The smallest absolute Gasteiger partial charge is 0.161 e. The topological polar surface area (TPSA) is 62.2 Å². The third kappa shape index (κ3) is 6.79. The highest BCUT2D eigenvalue weighted by atomic mass is 16.5. The fourth-order valence-electron chi connectivity index (χ4n) is 3.58. The average molecular weight is 432 g/mol. The lowest BCUT2D eigenvalue weighted by Gasteiger charge is -2.35. The van der Waals surface area contributed by atoms with Crippen LogP contribution in [0.4, 0.5) is 0 Å². The fourth-order valence-corrected chi connectivity index (χ4v) is 3.58. The summed E-state index contributed by atoms with van der Waals surface area (Å²) >= 11 is 0. The van der Waals surface area contributed by atoms with Gasteiger partial charge in [-0.1, -0.05) is 30.3 Å². The number of rotatable bonds is 10. The first kappa shape index (κ1) is 17.2. The van der Waals surface area contributed by atoms with Gasteiger partial charge in [0.15, 0.2) is 17.3 Å². The molecular formula is C25H34N2O4. The minimum Gasteiger partial charge on any atom is -0.493 e. The number of hydrogen-bond donors (Lipinski definition) is 1. The van der Waals surface area contributed by atoms with Gasteiger partial charge in [-0.05, 0) is 42.7 Å². The van der Waals surface area contributed by atoms with Crippen molar-refractivity contribution in [3.05, 3.63) is 59.2 Å². The highest BCUT2D eigenvalue weighted by molar-refractivity contribution is 5.83. The number of nitrogens with zero attached hydrogens (tertiary/aromatic N) is 2. The number of hydrogen-bond acceptors (Lipinski definition) is 6. The van der Waals surface area contributed by atoms with E-state index in [1.807, 2.05) is 32.0 Å². The Balaban J connectivity index is 1.61. The highest BCUT2D eigenvalue weighted by Gasteiger charge is 2.21. The van der Waals surface area contributed by atoms with Crippen molar-refractivity contribution < 1.29 is 26.2 Å². The molecule has 1 aliphatic rings. The second-order valence-corrected chi connectivity index (χ2v) is 7.65. The standard InChI is InChI=1S/C25H34N2O4/c1-19-7-6-8-20(2)23(19)15-21(28)16-26-11-13-27(14-12-26)17-22(29)18-31-25-10-5-4-9-24(25)30-3/h4-10,22,29H,11-18H2,1-3H3/i16D2,18D2,22D. The molecule has 0 amide bonds. The minimum absolute atomic E-state index is 0.00130. The summed E-state index contributed by atoms with van der Waals surface area (Å²) in [4.78, 5) is 16.1. The molecule has 0 bridgehead atoms. The number of ketones is 1. The van der Waals surface area contributed by atoms with Gasteiger partial charge in [0.1, 0.15) is 12.6 Å². The molecule has 1 unspecified atom stereocenters. The van der Waals surface area contributed by atoms with Crippen molar-refractivity contribution in [3.63, 3.8) is 0 Å². The Hall–Kier alpha value is -2.41. The van der Waals surface area contributed by atoms with Gasteiger partial charge < -0.3 is 14.6 Å². The van der Waals surface area contributed by atoms with Crippen LogP contribution in [0.2, 0.25) is 0 Å². The molecule has 1 heterocycles. The molecule has 0 aliphatic carbocycles. The number of carbonyl (C=O) groups is 1. The van der Waals surface area contributed by atoms with Gasteiger partial charge in [-0.3, -0.25) is 14.6 Å². The summed E-state index contributed by atoms with van der Waals surface area (Å²) in [7, 11) is 1.41. The Morgan fingerprint density at radius 3 is 2.32 bits per heavy atom. The normalized spacial score (nSPS) is 20.5. The molecular weight excluding hydrogens is 392 g/mol. The summed E-state index contributed by atoms with van der Waals surface area (Å²) in [6.45, 7) is -0.582. The zero-order valence-electron chi connectivity index (χ0n) is 23.4. The first-order chi connectivity index (χ1) is 16.8. The molecule has 1 atom stereocenters. The van der Waals surface area contributed by atoms with Gasteiger partial charge in [0.2, 0.25) is 0 Å². The van der Waals surface area contributed by atoms with Crippen LogP contribution in [0, 0.1) is 13.8 Å². The highest BCUT2D eigenvalue weighted by Crippen LogP contribution is 2.25. The van der Waals surface area contributed by atoms with Crippen molar-refractivity contribution in [2.45, 2.75) is 26.3 Å². The van der Waals surface area contributed by atoms with Gasteiger partial charge in [0, 0.05) is 39.1 Å². The van der Waals surface area contributed by atoms with Crippen molar-refractivity contribution in [2.75, 3.05) is 52.9 Å². The predicted molar refractivity (Wildman–Crippen MR) is 122 cm³/mol. The molecule has 0 radical (unpaired) electrons. The number of aliphatic hydroxyl groups is 1. The molecule has 3 rings (SSSR count). The summed E-state index contributed by atoms with van der Waals surface area (Å²) in [6.07, 6.45) is -2.62. The van der Waals surface area contributed by atoms with E-state index < -0.39 is 24.9 Å². The van der Waals surface area contributed by atoms with E-state index >= 15 is 0 Å². The maximum absolute atomic E-state index is 12.9. The summed E-state index contributed by atoms with van der Waals surface area (Å²) in [5.74, 6) is -0.179. The van der Waals surface area contributed by atoms with Crippen molar-refractivity contribution in [1.82, 2.24) is 9.80 Å². The molecule has 6 heteroatoms. The summed E-state index contributed by atoms with van der Waals surface area (Å²) in [5, 5.41) is 10.7. The minimum atomic E-state index is -2.76. The number of methoxy groups -OCH3 is 1. The molecule has 2 aromatic carbocycles. The van der Waals surface area contributed by atoms with E-state index in [0.717, 1.165) is 16.7 Å². The maximum atomic E-state index is 12.9. The number of benzene rings is 2. The van der Waals surface area contributed by atoms with Crippen LogP contribution in [0.3, 0.4) is 0 Å². The third-order valence-corrected chi connectivity index (χ3v) is 5.36. The van der Waals surface area contributed by atoms with Crippen molar-refractivity contribution in [1.29, 1.82) is 0 Å². The van der Waals surface area contributed by atoms with Crippen LogP contribution in [-0.2, 0) is 11.2 Å². The zero-order chi connectivity index (χ0) is 26.7. The second-order valence-electron chi connectivity index (χ2n) is 7.65. The van der Waals surface area contributed by atoms with Crippen molar-refractivity contribution >= 4 is 5.78 Å². The summed E-state index contributed by atoms with van der Waals surface area (Å²) in [5.41, 5.74) is 2.73. The summed E-state index contributed by atoms with van der Waals surface area (Å²) in [6, 6.07) is 12.1. The van der Waals surface area contributed by atoms with Crippen LogP contribution in [0.15, 0.2) is 42.5 Å².